The molecule has 0 saturated heterocycles. The highest BCUT2D eigenvalue weighted by Crippen LogP contribution is 2.66. The van der Waals surface area contributed by atoms with Crippen molar-refractivity contribution in [1.29, 1.82) is 0 Å². The van der Waals surface area contributed by atoms with Crippen LogP contribution in [0.15, 0.2) is 152 Å². The normalized spacial score (nSPS) is 20.4. The average molecular weight is 794 g/mol. The monoisotopic (exact) mass is 793 g/mol. The van der Waals surface area contributed by atoms with Crippen LogP contribution in [0.3, 0.4) is 0 Å². The molecule has 0 aliphatic heterocycles. The van der Waals surface area contributed by atoms with Gasteiger partial charge in [-0.15, -0.1) is 0 Å². The first-order valence-corrected chi connectivity index (χ1v) is 22.9. The Morgan fingerprint density at radius 3 is 1.62 bits per heavy atom. The Morgan fingerprint density at radius 1 is 0.459 bits per heavy atom. The van der Waals surface area contributed by atoms with Crippen molar-refractivity contribution in [1.82, 2.24) is 0 Å². The van der Waals surface area contributed by atoms with E-state index >= 15 is 0 Å². The zero-order valence-electron chi connectivity index (χ0n) is 37.4. The van der Waals surface area contributed by atoms with E-state index in [1.807, 2.05) is 0 Å². The second-order valence-electron chi connectivity index (χ2n) is 21.4. The van der Waals surface area contributed by atoms with E-state index in [0.717, 1.165) is 5.92 Å². The summed E-state index contributed by atoms with van der Waals surface area (Å²) in [5, 5.41) is 0. The molecule has 3 atom stereocenters. The Balaban J connectivity index is 1.07. The van der Waals surface area contributed by atoms with Gasteiger partial charge in [0.15, 0.2) is 0 Å². The molecule has 0 amide bonds. The van der Waals surface area contributed by atoms with E-state index in [1.165, 1.54) is 110 Å². The minimum atomic E-state index is -0.0959. The predicted octanol–water partition coefficient (Wildman–Crippen LogP) is 16.5. The first-order chi connectivity index (χ1) is 29.2. The van der Waals surface area contributed by atoms with Crippen molar-refractivity contribution in [2.45, 2.75) is 103 Å². The van der Waals surface area contributed by atoms with E-state index < -0.39 is 0 Å². The SMILES string of the molecule is CC(C)(C)c1cc(N(c2ccc(-c3ccccc3-c3cccc4c3C(C)(C)c3ccccc3-4)cc2)c2ccc3c(c2)C2(CC4CCC2C4)c2ccccc2-3)cc(C(C)(C)C)c1. The molecule has 3 unspecified atom stereocenters. The molecule has 7 aromatic rings. The van der Waals surface area contributed by atoms with E-state index in [1.54, 1.807) is 11.1 Å². The fourth-order valence-electron chi connectivity index (χ4n) is 12.4. The minimum absolute atomic E-state index is 0.00445. The number of rotatable bonds is 5. The molecular formula is C60H59N. The molecule has 4 aliphatic carbocycles. The lowest BCUT2D eigenvalue weighted by Gasteiger charge is -2.37. The zero-order valence-corrected chi connectivity index (χ0v) is 37.4. The summed E-state index contributed by atoms with van der Waals surface area (Å²) in [7, 11) is 0. The Labute approximate surface area is 364 Å². The highest BCUT2D eigenvalue weighted by atomic mass is 15.1. The summed E-state index contributed by atoms with van der Waals surface area (Å²) in [6.07, 6.45) is 5.37. The molecule has 2 fully saturated rings. The minimum Gasteiger partial charge on any atom is -0.310 e. The lowest BCUT2D eigenvalue weighted by atomic mass is 9.67. The van der Waals surface area contributed by atoms with Crippen LogP contribution in [-0.2, 0) is 21.7 Å². The Hall–Kier alpha value is -5.66. The summed E-state index contributed by atoms with van der Waals surface area (Å²) >= 11 is 0. The van der Waals surface area contributed by atoms with Crippen molar-refractivity contribution in [3.8, 4) is 44.5 Å². The van der Waals surface area contributed by atoms with E-state index in [2.05, 4.69) is 212 Å². The van der Waals surface area contributed by atoms with Crippen LogP contribution >= 0.6 is 0 Å². The van der Waals surface area contributed by atoms with Gasteiger partial charge in [-0.1, -0.05) is 177 Å². The molecule has 2 bridgehead atoms. The molecule has 1 heteroatoms. The van der Waals surface area contributed by atoms with Crippen molar-refractivity contribution >= 4 is 17.1 Å². The van der Waals surface area contributed by atoms with Gasteiger partial charge in [-0.3, -0.25) is 0 Å². The maximum atomic E-state index is 2.61. The summed E-state index contributed by atoms with van der Waals surface area (Å²) < 4.78 is 0. The summed E-state index contributed by atoms with van der Waals surface area (Å²) in [5.41, 5.74) is 23.1. The van der Waals surface area contributed by atoms with E-state index in [-0.39, 0.29) is 21.7 Å². The first kappa shape index (κ1) is 38.3. The molecule has 0 radical (unpaired) electrons. The second kappa shape index (κ2) is 13.4. The van der Waals surface area contributed by atoms with Crippen LogP contribution in [0.4, 0.5) is 17.1 Å². The van der Waals surface area contributed by atoms with Gasteiger partial charge in [-0.25, -0.2) is 0 Å². The van der Waals surface area contributed by atoms with E-state index in [4.69, 9.17) is 0 Å². The van der Waals surface area contributed by atoms with E-state index in [9.17, 15) is 0 Å². The highest BCUT2D eigenvalue weighted by molar-refractivity contribution is 5.93. The molecule has 0 aromatic heterocycles. The van der Waals surface area contributed by atoms with Gasteiger partial charge >= 0.3 is 0 Å². The van der Waals surface area contributed by atoms with Crippen molar-refractivity contribution in [2.24, 2.45) is 11.8 Å². The fraction of sp³-hybridized carbons (Fsp3) is 0.300. The van der Waals surface area contributed by atoms with Crippen LogP contribution < -0.4 is 4.90 Å². The fourth-order valence-corrected chi connectivity index (χ4v) is 12.4. The number of hydrogen-bond acceptors (Lipinski definition) is 1. The second-order valence-corrected chi connectivity index (χ2v) is 21.4. The number of anilines is 3. The van der Waals surface area contributed by atoms with Crippen molar-refractivity contribution in [3.05, 3.63) is 185 Å². The van der Waals surface area contributed by atoms with Crippen LogP contribution in [0.25, 0.3) is 44.5 Å². The van der Waals surface area contributed by atoms with Crippen molar-refractivity contribution in [2.75, 3.05) is 4.90 Å². The molecule has 1 spiro atoms. The van der Waals surface area contributed by atoms with Gasteiger partial charge in [-0.2, -0.15) is 0 Å². The van der Waals surface area contributed by atoms with Crippen molar-refractivity contribution < 1.29 is 0 Å². The predicted molar refractivity (Wildman–Crippen MR) is 259 cm³/mol. The first-order valence-electron chi connectivity index (χ1n) is 22.9. The number of hydrogen-bond donors (Lipinski definition) is 0. The summed E-state index contributed by atoms with van der Waals surface area (Å²) in [6.45, 7) is 18.9. The number of nitrogens with zero attached hydrogens (tertiary/aromatic N) is 1. The largest absolute Gasteiger partial charge is 0.310 e. The van der Waals surface area contributed by atoms with Gasteiger partial charge in [0, 0.05) is 27.9 Å². The Morgan fingerprint density at radius 2 is 1.00 bits per heavy atom. The van der Waals surface area contributed by atoms with Gasteiger partial charge in [0.2, 0.25) is 0 Å². The number of fused-ring (bicyclic) bond motifs is 11. The zero-order chi connectivity index (χ0) is 42.1. The Kier molecular flexibility index (Phi) is 8.42. The van der Waals surface area contributed by atoms with Gasteiger partial charge in [0.25, 0.3) is 0 Å². The van der Waals surface area contributed by atoms with Crippen molar-refractivity contribution in [3.63, 3.8) is 0 Å². The molecule has 0 N–H and O–H groups in total. The van der Waals surface area contributed by atoms with Crippen LogP contribution in [0, 0.1) is 11.8 Å². The maximum absolute atomic E-state index is 2.61. The van der Waals surface area contributed by atoms with Gasteiger partial charge < -0.3 is 4.90 Å². The third kappa shape index (κ3) is 5.79. The molecule has 61 heavy (non-hydrogen) atoms. The molecule has 7 aromatic carbocycles. The van der Waals surface area contributed by atoms with Gasteiger partial charge in [-0.05, 0) is 156 Å². The Bertz CT molecular complexity index is 2840. The van der Waals surface area contributed by atoms with Gasteiger partial charge in [0.1, 0.15) is 0 Å². The molecule has 304 valence electrons. The number of benzene rings is 7. The maximum Gasteiger partial charge on any atom is 0.0467 e. The lowest BCUT2D eigenvalue weighted by Crippen LogP contribution is -2.32. The van der Waals surface area contributed by atoms with E-state index in [0.29, 0.717) is 5.92 Å². The molecule has 11 rings (SSSR count). The molecule has 1 nitrogen and oxygen atoms in total. The van der Waals surface area contributed by atoms with Crippen LogP contribution in [0.5, 0.6) is 0 Å². The van der Waals surface area contributed by atoms with Crippen LogP contribution in [0.2, 0.25) is 0 Å². The summed E-state index contributed by atoms with van der Waals surface area (Å²) in [5.74, 6) is 1.54. The lowest BCUT2D eigenvalue weighted by molar-refractivity contribution is 0.327. The van der Waals surface area contributed by atoms with Crippen LogP contribution in [0.1, 0.15) is 114 Å². The molecule has 4 aliphatic rings. The third-order valence-corrected chi connectivity index (χ3v) is 15.4. The molecule has 2 saturated carbocycles. The summed E-state index contributed by atoms with van der Waals surface area (Å²) in [4.78, 5) is 2.56. The quantitative estimate of drug-likeness (QED) is 0.168. The standard InChI is InChI=1S/C60H59N/c1-57(2,3)41-33-42(58(4,5)6)35-45(34-41)61(44-30-31-50-48-18-12-14-23-54(48)60(55(50)36-44)37-38-24-27-40(60)32-38)43-28-25-39(26-29-43)46-16-9-10-17-47(46)51-20-15-21-52-49-19-11-13-22-53(49)59(7,8)56(51)52/h9-23,25-26,28-31,33-36,38,40H,24,27,32,37H2,1-8H3. The molecular weight excluding hydrogens is 735 g/mol. The smallest absolute Gasteiger partial charge is 0.0467 e. The average Bonchev–Trinajstić information content (AvgIpc) is 4.00. The third-order valence-electron chi connectivity index (χ3n) is 15.4. The highest BCUT2D eigenvalue weighted by Gasteiger charge is 2.56. The summed E-state index contributed by atoms with van der Waals surface area (Å²) in [6, 6.07) is 58.6. The topological polar surface area (TPSA) is 3.24 Å². The van der Waals surface area contributed by atoms with Crippen LogP contribution in [-0.4, -0.2) is 0 Å². The molecule has 0 heterocycles. The van der Waals surface area contributed by atoms with Gasteiger partial charge in [0.05, 0.1) is 0 Å².